The molecule has 0 aromatic heterocycles. The highest BCUT2D eigenvalue weighted by molar-refractivity contribution is 5.87. The van der Waals surface area contributed by atoms with Gasteiger partial charge in [0.2, 0.25) is 0 Å². The number of aliphatic hydroxyl groups excluding tert-OH is 3. The summed E-state index contributed by atoms with van der Waals surface area (Å²) in [6.07, 6.45) is 1.28. The summed E-state index contributed by atoms with van der Waals surface area (Å²) in [5.41, 5.74) is 1.25. The molecule has 0 spiro atoms. The number of aliphatic carboxylic acids is 1. The maximum absolute atomic E-state index is 12.6. The fourth-order valence-electron chi connectivity index (χ4n) is 7.87. The van der Waals surface area contributed by atoms with Crippen molar-refractivity contribution in [3.63, 3.8) is 0 Å². The van der Waals surface area contributed by atoms with Crippen molar-refractivity contribution in [2.24, 2.45) is 28.6 Å². The minimum Gasteiger partial charge on any atom is -0.479 e. The van der Waals surface area contributed by atoms with Gasteiger partial charge in [-0.05, 0) is 68.1 Å². The van der Waals surface area contributed by atoms with Gasteiger partial charge in [-0.1, -0.05) is 25.5 Å². The van der Waals surface area contributed by atoms with Crippen LogP contribution in [0.3, 0.4) is 0 Å². The molecule has 184 valence electrons. The molecule has 4 aliphatic carbocycles. The standard InChI is InChI=1S/C25H36O8/c1-24-9-7-13(32-23-20(29)18(27)19(28)21(33-23)22(30)31)11-12(24)3-4-14-15-5-6-17(26)25(15,2)10-8-16(14)24/h3,13-16,18-21,23,27-29H,4-11H2,1-2H3,(H,30,31)/t13-,14+,15+,16+,18+,19-,20-,21-,23+,24-,25-/m0/s1. The van der Waals surface area contributed by atoms with Crippen LogP contribution >= 0.6 is 0 Å². The number of fused-ring (bicyclic) bond motifs is 5. The normalized spacial score (nSPS) is 51.8. The first-order valence-electron chi connectivity index (χ1n) is 12.4. The van der Waals surface area contributed by atoms with Crippen LogP contribution in [0.5, 0.6) is 0 Å². The van der Waals surface area contributed by atoms with E-state index in [-0.39, 0.29) is 16.9 Å². The molecule has 0 bridgehead atoms. The van der Waals surface area contributed by atoms with Crippen molar-refractivity contribution in [2.45, 2.75) is 102 Å². The molecule has 11 atom stereocenters. The van der Waals surface area contributed by atoms with E-state index in [1.807, 2.05) is 0 Å². The Morgan fingerprint density at radius 3 is 2.45 bits per heavy atom. The molecule has 4 fully saturated rings. The smallest absolute Gasteiger partial charge is 0.335 e. The van der Waals surface area contributed by atoms with Crippen LogP contribution in [0.4, 0.5) is 0 Å². The van der Waals surface area contributed by atoms with Crippen molar-refractivity contribution in [1.82, 2.24) is 0 Å². The van der Waals surface area contributed by atoms with Gasteiger partial charge >= 0.3 is 5.97 Å². The van der Waals surface area contributed by atoms with Gasteiger partial charge in [0.05, 0.1) is 6.10 Å². The van der Waals surface area contributed by atoms with Gasteiger partial charge < -0.3 is 29.9 Å². The van der Waals surface area contributed by atoms with Crippen LogP contribution in [0.15, 0.2) is 11.6 Å². The highest BCUT2D eigenvalue weighted by atomic mass is 16.7. The number of ether oxygens (including phenoxy) is 2. The van der Waals surface area contributed by atoms with Crippen LogP contribution in [0.2, 0.25) is 0 Å². The SMILES string of the molecule is C[C@]12CC[C@H](O[C@@H]3O[C@H](C(=O)O)[C@@H](O)[C@@H](O)[C@@H]3O)CC1=CC[C@H]1[C@H]2CC[C@]2(C)C(=O)CC[C@H]12. The first-order chi connectivity index (χ1) is 15.6. The number of ketones is 1. The molecular formula is C25H36O8. The number of aliphatic hydroxyl groups is 3. The summed E-state index contributed by atoms with van der Waals surface area (Å²) < 4.78 is 11.3. The third-order valence-electron chi connectivity index (χ3n) is 9.91. The predicted octanol–water partition coefficient (Wildman–Crippen LogP) is 1.80. The number of Topliss-reactive ketones (excluding diaryl/α,β-unsaturated/α-hetero) is 1. The molecule has 0 unspecified atom stereocenters. The Kier molecular flexibility index (Phi) is 5.77. The van der Waals surface area contributed by atoms with Crippen molar-refractivity contribution in [3.05, 3.63) is 11.6 Å². The topological polar surface area (TPSA) is 134 Å². The molecule has 0 radical (unpaired) electrons. The Morgan fingerprint density at radius 1 is 1.03 bits per heavy atom. The van der Waals surface area contributed by atoms with E-state index in [0.717, 1.165) is 44.9 Å². The van der Waals surface area contributed by atoms with Gasteiger partial charge in [0.1, 0.15) is 24.1 Å². The van der Waals surface area contributed by atoms with Crippen LogP contribution in [-0.4, -0.2) is 69.0 Å². The fourth-order valence-corrected chi connectivity index (χ4v) is 7.87. The highest BCUT2D eigenvalue weighted by Crippen LogP contribution is 2.64. The zero-order valence-corrected chi connectivity index (χ0v) is 19.4. The lowest BCUT2D eigenvalue weighted by Gasteiger charge is -2.57. The molecule has 5 aliphatic rings. The molecule has 5 rings (SSSR count). The van der Waals surface area contributed by atoms with Gasteiger partial charge in [-0.25, -0.2) is 4.79 Å². The van der Waals surface area contributed by atoms with Crippen molar-refractivity contribution >= 4 is 11.8 Å². The van der Waals surface area contributed by atoms with Crippen LogP contribution < -0.4 is 0 Å². The number of allylic oxidation sites excluding steroid dienone is 1. The fraction of sp³-hybridized carbons (Fsp3) is 0.840. The van der Waals surface area contributed by atoms with Crippen LogP contribution in [0, 0.1) is 28.6 Å². The zero-order chi connectivity index (χ0) is 23.7. The summed E-state index contributed by atoms with van der Waals surface area (Å²) in [4.78, 5) is 24.0. The number of carbonyl (C=O) groups excluding carboxylic acids is 1. The Hall–Kier alpha value is -1.32. The first kappa shape index (κ1) is 23.4. The lowest BCUT2D eigenvalue weighted by Crippen LogP contribution is -2.61. The molecule has 1 heterocycles. The lowest BCUT2D eigenvalue weighted by atomic mass is 9.48. The minimum atomic E-state index is -1.72. The lowest BCUT2D eigenvalue weighted by molar-refractivity contribution is -0.306. The molecular weight excluding hydrogens is 428 g/mol. The third-order valence-corrected chi connectivity index (χ3v) is 9.91. The number of carboxylic acids is 1. The van der Waals surface area contributed by atoms with Gasteiger partial charge in [-0.2, -0.15) is 0 Å². The van der Waals surface area contributed by atoms with E-state index in [1.165, 1.54) is 5.57 Å². The number of carboxylic acid groups (broad SMARTS) is 1. The maximum Gasteiger partial charge on any atom is 0.335 e. The molecule has 8 heteroatoms. The summed E-state index contributed by atoms with van der Waals surface area (Å²) in [6, 6.07) is 0. The van der Waals surface area contributed by atoms with E-state index in [2.05, 4.69) is 19.9 Å². The minimum absolute atomic E-state index is 0.0566. The molecule has 1 aliphatic heterocycles. The molecule has 33 heavy (non-hydrogen) atoms. The summed E-state index contributed by atoms with van der Waals surface area (Å²) in [6.45, 7) is 4.53. The molecule has 0 aromatic rings. The zero-order valence-electron chi connectivity index (χ0n) is 19.4. The highest BCUT2D eigenvalue weighted by Gasteiger charge is 2.59. The Morgan fingerprint density at radius 2 is 1.73 bits per heavy atom. The second-order valence-corrected chi connectivity index (χ2v) is 11.4. The average molecular weight is 465 g/mol. The van der Waals surface area contributed by atoms with E-state index >= 15 is 0 Å². The van der Waals surface area contributed by atoms with Crippen molar-refractivity contribution in [3.8, 4) is 0 Å². The van der Waals surface area contributed by atoms with Gasteiger partial charge in [0.25, 0.3) is 0 Å². The average Bonchev–Trinajstić information content (AvgIpc) is 3.08. The quantitative estimate of drug-likeness (QED) is 0.465. The molecule has 4 N–H and O–H groups in total. The van der Waals surface area contributed by atoms with Crippen LogP contribution in [0.25, 0.3) is 0 Å². The van der Waals surface area contributed by atoms with Gasteiger partial charge in [0, 0.05) is 11.8 Å². The predicted molar refractivity (Wildman–Crippen MR) is 116 cm³/mol. The molecule has 8 nitrogen and oxygen atoms in total. The monoisotopic (exact) mass is 464 g/mol. The van der Waals surface area contributed by atoms with E-state index in [4.69, 9.17) is 9.47 Å². The number of rotatable bonds is 3. The maximum atomic E-state index is 12.6. The Labute approximate surface area is 194 Å². The van der Waals surface area contributed by atoms with E-state index in [1.54, 1.807) is 0 Å². The van der Waals surface area contributed by atoms with E-state index in [0.29, 0.717) is 30.0 Å². The Bertz CT molecular complexity index is 855. The van der Waals surface area contributed by atoms with Crippen molar-refractivity contribution in [2.75, 3.05) is 0 Å². The largest absolute Gasteiger partial charge is 0.479 e. The summed E-state index contributed by atoms with van der Waals surface area (Å²) >= 11 is 0. The number of hydrogen-bond acceptors (Lipinski definition) is 7. The van der Waals surface area contributed by atoms with Gasteiger partial charge in [-0.15, -0.1) is 0 Å². The van der Waals surface area contributed by atoms with Gasteiger partial charge in [0.15, 0.2) is 12.4 Å². The summed E-state index contributed by atoms with van der Waals surface area (Å²) in [5, 5.41) is 39.6. The summed E-state index contributed by atoms with van der Waals surface area (Å²) in [5.74, 6) is 0.596. The van der Waals surface area contributed by atoms with Crippen molar-refractivity contribution in [1.29, 1.82) is 0 Å². The number of hydrogen-bond donors (Lipinski definition) is 4. The van der Waals surface area contributed by atoms with E-state index in [9.17, 15) is 30.0 Å². The number of carbonyl (C=O) groups is 2. The van der Waals surface area contributed by atoms with Crippen LogP contribution in [-0.2, 0) is 19.1 Å². The van der Waals surface area contributed by atoms with Crippen molar-refractivity contribution < 1.29 is 39.5 Å². The molecule has 0 amide bonds. The first-order valence-corrected chi connectivity index (χ1v) is 12.4. The second-order valence-electron chi connectivity index (χ2n) is 11.4. The Balaban J connectivity index is 1.30. The molecule has 0 aromatic carbocycles. The molecule has 1 saturated heterocycles. The van der Waals surface area contributed by atoms with E-state index < -0.39 is 36.7 Å². The molecule has 3 saturated carbocycles. The van der Waals surface area contributed by atoms with Gasteiger partial charge in [-0.3, -0.25) is 4.79 Å². The second kappa shape index (κ2) is 8.12. The summed E-state index contributed by atoms with van der Waals surface area (Å²) in [7, 11) is 0. The third kappa shape index (κ3) is 3.52. The van der Waals surface area contributed by atoms with Crippen LogP contribution in [0.1, 0.15) is 65.2 Å².